The number of hydrogen-bond acceptors (Lipinski definition) is 15. The molecule has 5 N–H and O–H groups in total. The number of fused-ring (bicyclic) bond motifs is 4. The number of ether oxygens (including phenoxy) is 3. The number of aromatic amines is 2. The highest BCUT2D eigenvalue weighted by Gasteiger charge is 2.37. The maximum absolute atomic E-state index is 14.3. The van der Waals surface area contributed by atoms with Gasteiger partial charge in [-0.25, -0.2) is 8.78 Å². The van der Waals surface area contributed by atoms with Gasteiger partial charge in [0, 0.05) is 59.3 Å². The molecule has 0 spiro atoms. The Labute approximate surface area is 516 Å². The number of benzene rings is 4. The van der Waals surface area contributed by atoms with Crippen molar-refractivity contribution in [1.29, 1.82) is 0 Å². The molecule has 5 heterocycles. The molecule has 20 heteroatoms. The third-order valence-electron chi connectivity index (χ3n) is 16.0. The second-order valence-electron chi connectivity index (χ2n) is 25.1. The fraction of sp³-hybridized carbons (Fsp3) is 0.391. The molecule has 4 aromatic heterocycles. The quantitative estimate of drug-likeness (QED) is 0.0564. The number of carboxylic acid groups (broad SMARTS) is 1. The Balaban J connectivity index is 0.000000199. The van der Waals surface area contributed by atoms with Gasteiger partial charge in [0.2, 0.25) is 11.6 Å². The van der Waals surface area contributed by atoms with E-state index in [0.717, 1.165) is 110 Å². The molecule has 0 amide bonds. The molecule has 11 rings (SSSR count). The standard InChI is InChI=1S/C38H44FN5O4.C31H32FN5O4/c1-22(2)35-30(16-15-28-20-29(47-38(6,7)46-28)21-33(45)48-37(3,4)5)34(24-10-13-27(39)14-11-24)31-19-26-18-25(36-41-43-44-42-36)9-8-23(26)12-17-32(31)40-35;1-17(2)30-25(11-10-23(38)15-24(39)16-28(40)41)29(19-5-8-22(32)9-6-19)26-14-21-13-20(31-34-36-37-35-31)4-3-18(21)7-12-27(26)33-30/h8-11,13-16,18,22,28-29H,12,17,19-21H2,1-7H3,(H,41,42,43,44);3-6,8-11,13,17,23-24,38-39H,7,12,14-16H2,1-2H3,(H,40,41)(H,34,35,36,37)/b16-15+;11-10+/t28-,29-;23-,24-/m11/s1. The number of H-pyrrole nitrogens is 2. The van der Waals surface area contributed by atoms with E-state index < -0.39 is 36.0 Å². The lowest BCUT2D eigenvalue weighted by Crippen LogP contribution is -2.45. The first-order chi connectivity index (χ1) is 42.4. The van der Waals surface area contributed by atoms with Crippen molar-refractivity contribution in [3.63, 3.8) is 0 Å². The number of halogens is 2. The molecule has 0 unspecified atom stereocenters. The summed E-state index contributed by atoms with van der Waals surface area (Å²) in [6, 6.07) is 25.5. The van der Waals surface area contributed by atoms with Crippen molar-refractivity contribution < 1.29 is 47.9 Å². The van der Waals surface area contributed by atoms with Crippen LogP contribution in [0.1, 0.15) is 167 Å². The predicted octanol–water partition coefficient (Wildman–Crippen LogP) is 12.0. The number of carbonyl (C=O) groups excluding carboxylic acids is 1. The summed E-state index contributed by atoms with van der Waals surface area (Å²) >= 11 is 0. The molecule has 4 aromatic carbocycles. The van der Waals surface area contributed by atoms with E-state index in [4.69, 9.17) is 29.3 Å². The number of carbonyl (C=O) groups is 2. The SMILES string of the molecule is CC(C)c1nc2c(c(-c3ccc(F)cc3)c1/C=C/[C@@H](O)C[C@@H](O)CC(=O)O)Cc1cc(-c3nn[nH]n3)ccc1CC2.CC(C)c1nc2c(c(-c3ccc(F)cc3)c1/C=C/[C@@H]1C[C@H](CC(=O)OC(C)(C)C)OC(C)(C)O1)Cc1cc(-c3nn[nH]n3)ccc1CC2. The van der Waals surface area contributed by atoms with Crippen LogP contribution in [-0.4, -0.2) is 114 Å². The summed E-state index contributed by atoms with van der Waals surface area (Å²) in [6.45, 7) is 17.7. The number of aromatic nitrogens is 10. The Morgan fingerprint density at radius 3 is 1.62 bits per heavy atom. The number of aliphatic carboxylic acids is 1. The minimum absolute atomic E-state index is 0.0457. The zero-order valence-electron chi connectivity index (χ0n) is 51.6. The van der Waals surface area contributed by atoms with Crippen LogP contribution >= 0.6 is 0 Å². The smallest absolute Gasteiger partial charge is 0.308 e. The number of hydrogen-bond donors (Lipinski definition) is 5. The number of tetrazole rings is 2. The van der Waals surface area contributed by atoms with Crippen LogP contribution in [0.5, 0.6) is 0 Å². The van der Waals surface area contributed by atoms with Gasteiger partial charge in [0.25, 0.3) is 0 Å². The van der Waals surface area contributed by atoms with Gasteiger partial charge in [-0.05, 0) is 175 Å². The molecule has 0 bridgehead atoms. The lowest BCUT2D eigenvalue weighted by atomic mass is 9.86. The first-order valence-corrected chi connectivity index (χ1v) is 30.3. The summed E-state index contributed by atoms with van der Waals surface area (Å²) in [6.07, 6.45) is 9.02. The van der Waals surface area contributed by atoms with E-state index in [1.165, 1.54) is 41.0 Å². The number of carboxylic acids is 1. The van der Waals surface area contributed by atoms with E-state index in [1.54, 1.807) is 24.3 Å². The molecule has 8 aromatic rings. The summed E-state index contributed by atoms with van der Waals surface area (Å²) in [4.78, 5) is 34.1. The third kappa shape index (κ3) is 15.7. The number of esters is 1. The van der Waals surface area contributed by atoms with Crippen LogP contribution in [0.25, 0.3) is 57.2 Å². The molecular formula is C69H76F2N10O8. The number of nitrogens with zero attached hydrogens (tertiary/aromatic N) is 8. The lowest BCUT2D eigenvalue weighted by molar-refractivity contribution is -0.290. The zero-order chi connectivity index (χ0) is 63.3. The second kappa shape index (κ2) is 27.0. The normalized spacial score (nSPS) is 17.0. The molecule has 1 aliphatic heterocycles. The second-order valence-corrected chi connectivity index (χ2v) is 25.1. The molecule has 3 aliphatic rings. The van der Waals surface area contributed by atoms with Crippen LogP contribution in [0.2, 0.25) is 0 Å². The number of aliphatic hydroxyl groups excluding tert-OH is 2. The molecule has 1 saturated heterocycles. The van der Waals surface area contributed by atoms with Crippen LogP contribution in [-0.2, 0) is 62.3 Å². The van der Waals surface area contributed by atoms with Gasteiger partial charge in [0.05, 0.1) is 48.6 Å². The van der Waals surface area contributed by atoms with E-state index in [2.05, 4.69) is 99.3 Å². The predicted molar refractivity (Wildman–Crippen MR) is 333 cm³/mol. The van der Waals surface area contributed by atoms with Crippen LogP contribution in [0.4, 0.5) is 8.78 Å². The Morgan fingerprint density at radius 1 is 0.685 bits per heavy atom. The van der Waals surface area contributed by atoms with E-state index in [9.17, 15) is 28.6 Å². The van der Waals surface area contributed by atoms with E-state index >= 15 is 0 Å². The van der Waals surface area contributed by atoms with Crippen LogP contribution in [0.3, 0.4) is 0 Å². The third-order valence-corrected chi connectivity index (χ3v) is 16.0. The molecule has 4 atom stereocenters. The molecule has 18 nitrogen and oxygen atoms in total. The van der Waals surface area contributed by atoms with Crippen molar-refractivity contribution in [3.05, 3.63) is 176 Å². The highest BCUT2D eigenvalue weighted by Crippen LogP contribution is 2.42. The lowest BCUT2D eigenvalue weighted by Gasteiger charge is -2.40. The fourth-order valence-corrected chi connectivity index (χ4v) is 12.1. The Hall–Kier alpha value is -8.56. The van der Waals surface area contributed by atoms with Crippen molar-refractivity contribution in [3.8, 4) is 45.0 Å². The van der Waals surface area contributed by atoms with Crippen molar-refractivity contribution in [1.82, 2.24) is 51.2 Å². The Kier molecular flexibility index (Phi) is 19.3. The highest BCUT2D eigenvalue weighted by molar-refractivity contribution is 5.83. The summed E-state index contributed by atoms with van der Waals surface area (Å²) in [5.74, 6) is -1.74. The summed E-state index contributed by atoms with van der Waals surface area (Å²) in [5.41, 5.74) is 17.3. The van der Waals surface area contributed by atoms with Gasteiger partial charge in [-0.15, -0.1) is 20.4 Å². The largest absolute Gasteiger partial charge is 0.481 e. The molecule has 2 aliphatic carbocycles. The van der Waals surface area contributed by atoms with E-state index in [1.807, 2.05) is 65.0 Å². The minimum Gasteiger partial charge on any atom is -0.481 e. The number of aryl methyl sites for hydroxylation is 4. The number of rotatable bonds is 16. The maximum Gasteiger partial charge on any atom is 0.308 e. The first-order valence-electron chi connectivity index (χ1n) is 30.3. The molecule has 1 fully saturated rings. The molecule has 89 heavy (non-hydrogen) atoms. The Morgan fingerprint density at radius 2 is 1.17 bits per heavy atom. The van der Waals surface area contributed by atoms with Gasteiger partial charge in [-0.2, -0.15) is 10.4 Å². The van der Waals surface area contributed by atoms with E-state index in [0.29, 0.717) is 30.9 Å². The van der Waals surface area contributed by atoms with Crippen molar-refractivity contribution >= 4 is 24.1 Å². The van der Waals surface area contributed by atoms with Crippen molar-refractivity contribution in [2.24, 2.45) is 0 Å². The molecular weight excluding hydrogens is 1130 g/mol. The minimum atomic E-state index is -1.18. The zero-order valence-corrected chi connectivity index (χ0v) is 51.6. The molecule has 464 valence electrons. The first kappa shape index (κ1) is 63.5. The Bertz CT molecular complexity index is 3880. The monoisotopic (exact) mass is 1210 g/mol. The van der Waals surface area contributed by atoms with Crippen LogP contribution in [0.15, 0.2) is 97.1 Å². The van der Waals surface area contributed by atoms with Gasteiger partial charge < -0.3 is 29.5 Å². The summed E-state index contributed by atoms with van der Waals surface area (Å²) in [7, 11) is 0. The van der Waals surface area contributed by atoms with Gasteiger partial charge in [0.15, 0.2) is 5.79 Å². The van der Waals surface area contributed by atoms with Gasteiger partial charge in [0.1, 0.15) is 17.2 Å². The van der Waals surface area contributed by atoms with Crippen LogP contribution < -0.4 is 0 Å². The van der Waals surface area contributed by atoms with Crippen molar-refractivity contribution in [2.75, 3.05) is 0 Å². The van der Waals surface area contributed by atoms with Crippen LogP contribution in [0, 0.1) is 11.6 Å². The average molecular weight is 1210 g/mol. The van der Waals surface area contributed by atoms with Crippen molar-refractivity contribution in [2.45, 2.75) is 174 Å². The molecule has 0 radical (unpaired) electrons. The van der Waals surface area contributed by atoms with Gasteiger partial charge in [-0.3, -0.25) is 19.6 Å². The maximum atomic E-state index is 14.3. The van der Waals surface area contributed by atoms with E-state index in [-0.39, 0.29) is 54.5 Å². The summed E-state index contributed by atoms with van der Waals surface area (Å²) in [5, 5.41) is 58.7. The number of pyridine rings is 2. The highest BCUT2D eigenvalue weighted by atomic mass is 19.1. The number of aliphatic hydroxyl groups is 2. The van der Waals surface area contributed by atoms with Gasteiger partial charge in [-0.1, -0.05) is 101 Å². The topological polar surface area (TPSA) is 257 Å². The van der Waals surface area contributed by atoms with Gasteiger partial charge >= 0.3 is 11.9 Å². The number of nitrogens with one attached hydrogen (secondary N) is 2. The fourth-order valence-electron chi connectivity index (χ4n) is 12.1. The molecule has 0 saturated carbocycles. The average Bonchev–Trinajstić information content (AvgIpc) is 1.77. The summed E-state index contributed by atoms with van der Waals surface area (Å²) < 4.78 is 46.4.